The van der Waals surface area contributed by atoms with E-state index in [9.17, 15) is 0 Å². The molecule has 0 aliphatic carbocycles. The standard InChI is InChI=1S/C9H16N2/c1-11(2)8-4-6-9-5-3-7-10-9/h9-10H,3,5,7-8H2,1-2H3/t9-/m1/s1. The third-order valence-corrected chi connectivity index (χ3v) is 1.73. The first-order chi connectivity index (χ1) is 5.29. The Kier molecular flexibility index (Phi) is 3.41. The average Bonchev–Trinajstić information content (AvgIpc) is 2.39. The van der Waals surface area contributed by atoms with Crippen molar-refractivity contribution in [3.05, 3.63) is 0 Å². The summed E-state index contributed by atoms with van der Waals surface area (Å²) in [5.74, 6) is 6.35. The Hall–Kier alpha value is -0.520. The third-order valence-electron chi connectivity index (χ3n) is 1.73. The van der Waals surface area contributed by atoms with Crippen molar-refractivity contribution in [2.24, 2.45) is 0 Å². The van der Waals surface area contributed by atoms with Crippen LogP contribution >= 0.6 is 0 Å². The third kappa shape index (κ3) is 3.41. The molecule has 2 heteroatoms. The minimum absolute atomic E-state index is 0.468. The predicted octanol–water partition coefficient (Wildman–Crippen LogP) is 0.303. The number of nitrogens with zero attached hydrogens (tertiary/aromatic N) is 1. The van der Waals surface area contributed by atoms with Crippen molar-refractivity contribution in [2.75, 3.05) is 27.2 Å². The zero-order valence-electron chi connectivity index (χ0n) is 7.35. The van der Waals surface area contributed by atoms with Gasteiger partial charge < -0.3 is 5.32 Å². The Morgan fingerprint density at radius 3 is 2.91 bits per heavy atom. The summed E-state index contributed by atoms with van der Waals surface area (Å²) in [5, 5.41) is 3.34. The van der Waals surface area contributed by atoms with E-state index in [0.29, 0.717) is 6.04 Å². The summed E-state index contributed by atoms with van der Waals surface area (Å²) in [6, 6.07) is 0.468. The first-order valence-electron chi connectivity index (χ1n) is 4.15. The lowest BCUT2D eigenvalue weighted by Gasteiger charge is -2.02. The molecule has 0 aromatic carbocycles. The van der Waals surface area contributed by atoms with Gasteiger partial charge in [0.1, 0.15) is 0 Å². The average molecular weight is 152 g/mol. The first kappa shape index (κ1) is 8.58. The maximum Gasteiger partial charge on any atom is 0.0690 e. The van der Waals surface area contributed by atoms with Crippen molar-refractivity contribution in [2.45, 2.75) is 18.9 Å². The van der Waals surface area contributed by atoms with Crippen LogP contribution in [0.15, 0.2) is 0 Å². The van der Waals surface area contributed by atoms with Crippen molar-refractivity contribution in [1.82, 2.24) is 10.2 Å². The summed E-state index contributed by atoms with van der Waals surface area (Å²) in [6.07, 6.45) is 2.50. The van der Waals surface area contributed by atoms with Crippen molar-refractivity contribution < 1.29 is 0 Å². The molecule has 0 radical (unpaired) electrons. The molecular weight excluding hydrogens is 136 g/mol. The van der Waals surface area contributed by atoms with Crippen LogP contribution < -0.4 is 5.32 Å². The molecule has 62 valence electrons. The molecule has 1 heterocycles. The van der Waals surface area contributed by atoms with Gasteiger partial charge in [0.25, 0.3) is 0 Å². The maximum atomic E-state index is 3.34. The van der Waals surface area contributed by atoms with Crippen LogP contribution in [0.4, 0.5) is 0 Å². The molecule has 0 unspecified atom stereocenters. The normalized spacial score (nSPS) is 23.4. The molecule has 11 heavy (non-hydrogen) atoms. The molecule has 1 fully saturated rings. The highest BCUT2D eigenvalue weighted by Crippen LogP contribution is 2.02. The first-order valence-corrected chi connectivity index (χ1v) is 4.15. The second kappa shape index (κ2) is 4.38. The summed E-state index contributed by atoms with van der Waals surface area (Å²) in [5.41, 5.74) is 0. The zero-order valence-corrected chi connectivity index (χ0v) is 7.35. The van der Waals surface area contributed by atoms with Gasteiger partial charge in [-0.05, 0) is 33.5 Å². The Bertz CT molecular complexity index is 158. The van der Waals surface area contributed by atoms with E-state index in [2.05, 4.69) is 22.1 Å². The molecule has 1 aliphatic rings. The van der Waals surface area contributed by atoms with Gasteiger partial charge in [0, 0.05) is 0 Å². The molecule has 1 rings (SSSR count). The molecular formula is C9H16N2. The Balaban J connectivity index is 2.20. The molecule has 1 N–H and O–H groups in total. The van der Waals surface area contributed by atoms with Crippen LogP contribution in [0, 0.1) is 11.8 Å². The molecule has 0 amide bonds. The van der Waals surface area contributed by atoms with Gasteiger partial charge in [-0.25, -0.2) is 0 Å². The summed E-state index contributed by atoms with van der Waals surface area (Å²) >= 11 is 0. The summed E-state index contributed by atoms with van der Waals surface area (Å²) in [6.45, 7) is 2.01. The number of hydrogen-bond acceptors (Lipinski definition) is 2. The van der Waals surface area contributed by atoms with Gasteiger partial charge in [0.2, 0.25) is 0 Å². The fourth-order valence-corrected chi connectivity index (χ4v) is 1.13. The van der Waals surface area contributed by atoms with E-state index in [-0.39, 0.29) is 0 Å². The monoisotopic (exact) mass is 152 g/mol. The van der Waals surface area contributed by atoms with Crippen LogP contribution in [0.25, 0.3) is 0 Å². The van der Waals surface area contributed by atoms with Gasteiger partial charge in [-0.15, -0.1) is 0 Å². The van der Waals surface area contributed by atoms with Crippen LogP contribution in [-0.4, -0.2) is 38.1 Å². The lowest BCUT2D eigenvalue weighted by Crippen LogP contribution is -2.19. The highest BCUT2D eigenvalue weighted by Gasteiger charge is 2.09. The molecule has 1 aliphatic heterocycles. The van der Waals surface area contributed by atoms with Gasteiger partial charge in [-0.3, -0.25) is 4.90 Å². The second-order valence-electron chi connectivity index (χ2n) is 3.21. The van der Waals surface area contributed by atoms with Gasteiger partial charge in [-0.2, -0.15) is 0 Å². The number of rotatable bonds is 1. The zero-order chi connectivity index (χ0) is 8.10. The van der Waals surface area contributed by atoms with Crippen LogP contribution in [0.3, 0.4) is 0 Å². The van der Waals surface area contributed by atoms with E-state index in [4.69, 9.17) is 0 Å². The summed E-state index contributed by atoms with van der Waals surface area (Å²) in [4.78, 5) is 2.09. The number of hydrogen-bond donors (Lipinski definition) is 1. The second-order valence-corrected chi connectivity index (χ2v) is 3.21. The molecule has 0 saturated carbocycles. The molecule has 0 bridgehead atoms. The minimum Gasteiger partial charge on any atom is -0.304 e. The Morgan fingerprint density at radius 1 is 1.55 bits per heavy atom. The molecule has 1 saturated heterocycles. The van der Waals surface area contributed by atoms with Crippen molar-refractivity contribution in [1.29, 1.82) is 0 Å². The van der Waals surface area contributed by atoms with Gasteiger partial charge in [0.05, 0.1) is 12.6 Å². The Labute approximate surface area is 69.0 Å². The summed E-state index contributed by atoms with van der Waals surface area (Å²) < 4.78 is 0. The number of nitrogens with one attached hydrogen (secondary N) is 1. The Morgan fingerprint density at radius 2 is 2.36 bits per heavy atom. The van der Waals surface area contributed by atoms with Crippen LogP contribution in [0.2, 0.25) is 0 Å². The van der Waals surface area contributed by atoms with E-state index in [1.165, 1.54) is 12.8 Å². The topological polar surface area (TPSA) is 15.3 Å². The van der Waals surface area contributed by atoms with Gasteiger partial charge in [0.15, 0.2) is 0 Å². The van der Waals surface area contributed by atoms with Crippen molar-refractivity contribution in [3.8, 4) is 11.8 Å². The summed E-state index contributed by atoms with van der Waals surface area (Å²) in [7, 11) is 4.08. The van der Waals surface area contributed by atoms with Gasteiger partial charge >= 0.3 is 0 Å². The minimum atomic E-state index is 0.468. The van der Waals surface area contributed by atoms with E-state index in [0.717, 1.165) is 13.1 Å². The largest absolute Gasteiger partial charge is 0.304 e. The van der Waals surface area contributed by atoms with Crippen LogP contribution in [-0.2, 0) is 0 Å². The van der Waals surface area contributed by atoms with Crippen molar-refractivity contribution in [3.63, 3.8) is 0 Å². The van der Waals surface area contributed by atoms with Crippen LogP contribution in [0.5, 0.6) is 0 Å². The lowest BCUT2D eigenvalue weighted by molar-refractivity contribution is 0.463. The fraction of sp³-hybridized carbons (Fsp3) is 0.778. The molecule has 2 nitrogen and oxygen atoms in total. The van der Waals surface area contributed by atoms with Crippen LogP contribution in [0.1, 0.15) is 12.8 Å². The maximum absolute atomic E-state index is 3.34. The lowest BCUT2D eigenvalue weighted by atomic mass is 10.2. The quantitative estimate of drug-likeness (QED) is 0.544. The van der Waals surface area contributed by atoms with Crippen molar-refractivity contribution >= 4 is 0 Å². The van der Waals surface area contributed by atoms with Gasteiger partial charge in [-0.1, -0.05) is 11.8 Å². The highest BCUT2D eigenvalue weighted by molar-refractivity contribution is 5.10. The highest BCUT2D eigenvalue weighted by atomic mass is 15.0. The molecule has 1 atom stereocenters. The molecule has 0 spiro atoms. The van der Waals surface area contributed by atoms with E-state index in [1.54, 1.807) is 0 Å². The molecule has 0 aromatic heterocycles. The fourth-order valence-electron chi connectivity index (χ4n) is 1.13. The predicted molar refractivity (Wildman–Crippen MR) is 47.4 cm³/mol. The SMILES string of the molecule is CN(C)CC#C[C@H]1CCCN1. The van der Waals surface area contributed by atoms with E-state index in [1.807, 2.05) is 14.1 Å². The smallest absolute Gasteiger partial charge is 0.0690 e. The molecule has 0 aromatic rings. The van der Waals surface area contributed by atoms with E-state index < -0.39 is 0 Å². The van der Waals surface area contributed by atoms with E-state index >= 15 is 0 Å².